The quantitative estimate of drug-likeness (QED) is 0.451. The number of anilines is 1. The van der Waals surface area contributed by atoms with Crippen LogP contribution in [0.4, 0.5) is 5.69 Å². The fraction of sp³-hybridized carbons (Fsp3) is 0.250. The number of carbonyl (C=O) groups excluding carboxylic acids is 1. The smallest absolute Gasteiger partial charge is 0.263 e. The molecule has 152 valence electrons. The van der Waals surface area contributed by atoms with Crippen LogP contribution in [0.3, 0.4) is 0 Å². The minimum Gasteiger partial charge on any atom is -0.460 e. The van der Waals surface area contributed by atoms with Gasteiger partial charge in [0, 0.05) is 23.9 Å². The Kier molecular flexibility index (Phi) is 4.89. The van der Waals surface area contributed by atoms with Crippen LogP contribution in [0.25, 0.3) is 11.0 Å². The van der Waals surface area contributed by atoms with E-state index in [2.05, 4.69) is 4.72 Å². The third-order valence-electron chi connectivity index (χ3n) is 4.83. The Bertz CT molecular complexity index is 1280. The number of hydrogen-bond acceptors (Lipinski definition) is 4. The molecule has 0 aliphatic heterocycles. The van der Waals surface area contributed by atoms with Crippen LogP contribution in [0.2, 0.25) is 15.1 Å². The summed E-state index contributed by atoms with van der Waals surface area (Å²) in [5.74, 6) is 0.622. The molecule has 2 aromatic carbocycles. The van der Waals surface area contributed by atoms with Crippen LogP contribution >= 0.6 is 34.8 Å². The van der Waals surface area contributed by atoms with Crippen molar-refractivity contribution in [2.45, 2.75) is 31.6 Å². The van der Waals surface area contributed by atoms with E-state index in [0.29, 0.717) is 35.1 Å². The highest BCUT2D eigenvalue weighted by Gasteiger charge is 2.35. The Morgan fingerprint density at radius 3 is 2.41 bits per heavy atom. The van der Waals surface area contributed by atoms with E-state index in [1.807, 2.05) is 13.8 Å². The summed E-state index contributed by atoms with van der Waals surface area (Å²) in [7, 11) is -4.03. The maximum atomic E-state index is 12.8. The molecule has 0 radical (unpaired) electrons. The van der Waals surface area contributed by atoms with Gasteiger partial charge in [-0.2, -0.15) is 0 Å². The van der Waals surface area contributed by atoms with Crippen LogP contribution in [0.5, 0.6) is 0 Å². The number of Topliss-reactive ketones (excluding diaryl/α,β-unsaturated/α-hetero) is 1. The zero-order chi connectivity index (χ0) is 21.1. The maximum Gasteiger partial charge on any atom is 0.263 e. The second kappa shape index (κ2) is 6.91. The van der Waals surface area contributed by atoms with Crippen molar-refractivity contribution in [2.24, 2.45) is 5.41 Å². The van der Waals surface area contributed by atoms with E-state index in [1.165, 1.54) is 12.1 Å². The van der Waals surface area contributed by atoms with Gasteiger partial charge in [-0.3, -0.25) is 9.52 Å². The van der Waals surface area contributed by atoms with Gasteiger partial charge in [0.1, 0.15) is 16.2 Å². The Morgan fingerprint density at radius 2 is 1.69 bits per heavy atom. The van der Waals surface area contributed by atoms with E-state index in [9.17, 15) is 13.2 Å². The molecule has 0 saturated carbocycles. The molecule has 0 bridgehead atoms. The fourth-order valence-corrected chi connectivity index (χ4v) is 5.63. The summed E-state index contributed by atoms with van der Waals surface area (Å²) < 4.78 is 34.0. The molecule has 0 saturated heterocycles. The summed E-state index contributed by atoms with van der Waals surface area (Å²) in [5.41, 5.74) is 1.16. The Morgan fingerprint density at radius 1 is 1.00 bits per heavy atom. The van der Waals surface area contributed by atoms with Crippen LogP contribution in [0, 0.1) is 5.41 Å². The first-order valence-corrected chi connectivity index (χ1v) is 11.3. The van der Waals surface area contributed by atoms with Gasteiger partial charge in [-0.05, 0) is 35.7 Å². The number of sulfonamides is 1. The van der Waals surface area contributed by atoms with E-state index in [4.69, 9.17) is 39.2 Å². The van der Waals surface area contributed by atoms with Crippen molar-refractivity contribution in [3.05, 3.63) is 56.7 Å². The van der Waals surface area contributed by atoms with Gasteiger partial charge in [-0.25, -0.2) is 8.42 Å². The minimum atomic E-state index is -4.03. The van der Waals surface area contributed by atoms with E-state index in [0.717, 1.165) is 0 Å². The minimum absolute atomic E-state index is 0.0115. The monoisotopic (exact) mass is 471 g/mol. The summed E-state index contributed by atoms with van der Waals surface area (Å²) >= 11 is 17.9. The lowest BCUT2D eigenvalue weighted by atomic mass is 9.76. The number of fused-ring (bicyclic) bond motifs is 3. The third kappa shape index (κ3) is 3.75. The van der Waals surface area contributed by atoms with Crippen molar-refractivity contribution in [3.63, 3.8) is 0 Å². The molecule has 0 amide bonds. The van der Waals surface area contributed by atoms with Crippen molar-refractivity contribution < 1.29 is 17.6 Å². The summed E-state index contributed by atoms with van der Waals surface area (Å²) in [5, 5.41) is 0.763. The highest BCUT2D eigenvalue weighted by Crippen LogP contribution is 2.40. The predicted octanol–water partition coefficient (Wildman–Crippen LogP) is 6.35. The molecule has 0 spiro atoms. The predicted molar refractivity (Wildman–Crippen MR) is 115 cm³/mol. The summed E-state index contributed by atoms with van der Waals surface area (Å²) in [6.07, 6.45) is 1.05. The highest BCUT2D eigenvalue weighted by molar-refractivity contribution is 7.92. The van der Waals surface area contributed by atoms with Crippen molar-refractivity contribution in [3.8, 4) is 0 Å². The molecular formula is C20H16Cl3NO4S. The second-order valence-electron chi connectivity index (χ2n) is 7.85. The molecule has 0 fully saturated rings. The number of halogens is 3. The average molecular weight is 473 g/mol. The van der Waals surface area contributed by atoms with Crippen LogP contribution in [0.1, 0.15) is 36.4 Å². The highest BCUT2D eigenvalue weighted by atomic mass is 35.5. The molecule has 1 aliphatic rings. The number of benzene rings is 2. The van der Waals surface area contributed by atoms with Crippen molar-refractivity contribution in [1.82, 2.24) is 0 Å². The molecule has 9 heteroatoms. The SMILES string of the molecule is CC1(C)CC(=O)c2c(oc3ccc(NS(=O)(=O)c4cc(Cl)c(Cl)cc4Cl)cc23)C1. The number of furan rings is 1. The molecule has 4 rings (SSSR count). The number of nitrogens with one attached hydrogen (secondary N) is 1. The molecule has 1 aliphatic carbocycles. The number of hydrogen-bond donors (Lipinski definition) is 1. The number of rotatable bonds is 3. The largest absolute Gasteiger partial charge is 0.460 e. The molecule has 1 heterocycles. The van der Waals surface area contributed by atoms with E-state index >= 15 is 0 Å². The second-order valence-corrected chi connectivity index (χ2v) is 10.7. The lowest BCUT2D eigenvalue weighted by Crippen LogP contribution is -2.25. The van der Waals surface area contributed by atoms with Gasteiger partial charge in [-0.15, -0.1) is 0 Å². The van der Waals surface area contributed by atoms with Crippen LogP contribution in [0.15, 0.2) is 39.6 Å². The maximum absolute atomic E-state index is 12.8. The summed E-state index contributed by atoms with van der Waals surface area (Å²) in [6.45, 7) is 4.03. The summed E-state index contributed by atoms with van der Waals surface area (Å²) in [4.78, 5) is 12.5. The molecular weight excluding hydrogens is 457 g/mol. The van der Waals surface area contributed by atoms with Gasteiger partial charge in [0.25, 0.3) is 10.0 Å². The van der Waals surface area contributed by atoms with Gasteiger partial charge < -0.3 is 4.42 Å². The first kappa shape index (κ1) is 20.5. The molecule has 29 heavy (non-hydrogen) atoms. The number of carbonyl (C=O) groups is 1. The lowest BCUT2D eigenvalue weighted by molar-refractivity contribution is 0.0906. The van der Waals surface area contributed by atoms with Crippen molar-refractivity contribution in [2.75, 3.05) is 4.72 Å². The number of ketones is 1. The van der Waals surface area contributed by atoms with Crippen LogP contribution in [-0.4, -0.2) is 14.2 Å². The van der Waals surface area contributed by atoms with Gasteiger partial charge in [0.2, 0.25) is 0 Å². The lowest BCUT2D eigenvalue weighted by Gasteiger charge is -2.27. The molecule has 1 N–H and O–H groups in total. The average Bonchev–Trinajstić information content (AvgIpc) is 2.93. The third-order valence-corrected chi connectivity index (χ3v) is 7.40. The van der Waals surface area contributed by atoms with Gasteiger partial charge in [0.05, 0.1) is 20.6 Å². The zero-order valence-corrected chi connectivity index (χ0v) is 18.6. The molecule has 1 aromatic heterocycles. The summed E-state index contributed by atoms with van der Waals surface area (Å²) in [6, 6.07) is 7.27. The first-order chi connectivity index (χ1) is 13.5. The van der Waals surface area contributed by atoms with E-state index in [-0.39, 0.29) is 36.8 Å². The van der Waals surface area contributed by atoms with Crippen molar-refractivity contribution >= 4 is 67.3 Å². The standard InChI is InChI=1S/C20H16Cl3NO4S/c1-20(2)8-15(25)19-11-5-10(3-4-16(11)28-17(19)9-20)24-29(26,27)18-7-13(22)12(21)6-14(18)23/h3-7,24H,8-9H2,1-2H3. The van der Waals surface area contributed by atoms with E-state index in [1.54, 1.807) is 18.2 Å². The fourth-order valence-electron chi connectivity index (χ4n) is 3.58. The first-order valence-electron chi connectivity index (χ1n) is 8.73. The Hall–Kier alpha value is -1.73. The molecule has 0 atom stereocenters. The Balaban J connectivity index is 1.75. The van der Waals surface area contributed by atoms with E-state index < -0.39 is 10.0 Å². The molecule has 3 aromatic rings. The van der Waals surface area contributed by atoms with Crippen molar-refractivity contribution in [1.29, 1.82) is 0 Å². The molecule has 0 unspecified atom stereocenters. The molecule has 5 nitrogen and oxygen atoms in total. The van der Waals surface area contributed by atoms with Crippen LogP contribution in [-0.2, 0) is 16.4 Å². The normalized spacial score (nSPS) is 16.1. The van der Waals surface area contributed by atoms with Gasteiger partial charge in [0.15, 0.2) is 5.78 Å². The van der Waals surface area contributed by atoms with Gasteiger partial charge in [-0.1, -0.05) is 48.7 Å². The Labute approximate surface area is 183 Å². The topological polar surface area (TPSA) is 76.4 Å². The van der Waals surface area contributed by atoms with Gasteiger partial charge >= 0.3 is 0 Å². The van der Waals surface area contributed by atoms with Crippen LogP contribution < -0.4 is 4.72 Å². The zero-order valence-electron chi connectivity index (χ0n) is 15.5.